The average molecular weight is 2480 g/mol. The van der Waals surface area contributed by atoms with E-state index in [9.17, 15) is 48.7 Å². The average Bonchev–Trinajstić information content (AvgIpc) is 1.62. The van der Waals surface area contributed by atoms with Gasteiger partial charge in [-0.25, -0.2) is 15.9 Å². The minimum atomic E-state index is -4.64. The molecule has 4 aromatic carbocycles. The van der Waals surface area contributed by atoms with Gasteiger partial charge in [-0.15, -0.1) is 71.8 Å². The molecular weight excluding hydrogens is 2360 g/mol. The van der Waals surface area contributed by atoms with Crippen LogP contribution in [0.4, 0.5) is 49.6 Å². The Kier molecular flexibility index (Phi) is 41.4. The smallest absolute Gasteiger partial charge is 0.418 e. The second-order valence-corrected chi connectivity index (χ2v) is 39.0. The molecule has 8 heterocycles. The van der Waals surface area contributed by atoms with Gasteiger partial charge < -0.3 is 39.5 Å². The van der Waals surface area contributed by atoms with Gasteiger partial charge in [0, 0.05) is 183 Å². The molecule has 15 nitrogen and oxygen atoms in total. The van der Waals surface area contributed by atoms with Crippen molar-refractivity contribution in [3.05, 3.63) is 286 Å². The van der Waals surface area contributed by atoms with E-state index < -0.39 is 64.9 Å². The van der Waals surface area contributed by atoms with E-state index >= 15 is 0 Å². The number of carbonyl (C=O) groups is 1. The van der Waals surface area contributed by atoms with E-state index in [2.05, 4.69) is 164 Å². The van der Waals surface area contributed by atoms with Crippen molar-refractivity contribution < 1.29 is 143 Å². The molecule has 4 radical (unpaired) electrons. The van der Waals surface area contributed by atoms with Crippen molar-refractivity contribution in [3.63, 3.8) is 0 Å². The number of imidazole rings is 1. The standard InChI is InChI=1S/C21H30NO.C20H19F2N2.C18H18F2N.C18H19FN.C16H17F2N2.C7H9F3N2O.C6H8N2O2.3Ir.Rh/c1-15(21(6)10-7-8-11-21)16-9-12-22-17(13-16)18-14-19(2,3)20(4,5)23-18;1-20(9-4-3-5-10-20)13-14-8-11-24-17(12-14)15-6-7-16(21)19(23-2)18(15)22;1-18(9-3-4-10-18)12-14-15(19)8-7-13(17(14)20)16-6-2-5-11-21-16;1-18(9-2-3-10-18)13-14-8-11-20-17(12-14)15-4-6-16(19)7-5-15;1-16(7-2-3-8-16)11-12-13(17)5-6-14(15(12)18)20-10-4-9-19-20;1-6(13,7(8,9)10)5-12-4-2-3-11-12;1-4-7-5(6(9)10)3-8(4)2;;;;/h9,12-13,15H,7-8,10-11H2,1-6H3;7-8,11-12H,3-5,9-10,13H2,1H3;2,5-6,8,11H,3-4,9-10,12H2,1H3;4,6-8,11-12H,2-3,9-10,13H2,1H3;4-5,9-10H,2-3,7-8,11H2,1H3;2-4,13H,5H2,1H3;3H,1-2H3,(H,9,10);;;;/q5*-1;;;;;;. The summed E-state index contributed by atoms with van der Waals surface area (Å²) in [4.78, 5) is 34.3. The molecule has 5 fully saturated rings. The van der Waals surface area contributed by atoms with Gasteiger partial charge in [0.05, 0.1) is 18.7 Å². The number of nitrogens with zero attached hydrogens (tertiary/aromatic N) is 11. The number of carboxylic acids is 1. The Bertz CT molecular complexity index is 5690. The molecule has 734 valence electrons. The molecular formula is C106H120F10Ir3N11O4Rh-5. The topological polar surface area (TPSA) is 176 Å². The summed E-state index contributed by atoms with van der Waals surface area (Å²) < 4.78 is 145. The van der Waals surface area contributed by atoms with E-state index in [-0.39, 0.29) is 147 Å². The summed E-state index contributed by atoms with van der Waals surface area (Å²) in [7, 11) is 1.76. The van der Waals surface area contributed by atoms with E-state index in [1.54, 1.807) is 73.7 Å². The molecule has 0 spiro atoms. The number of aromatic carboxylic acids is 1. The van der Waals surface area contributed by atoms with Gasteiger partial charge >= 0.3 is 12.1 Å². The zero-order valence-corrected chi connectivity index (χ0v) is 87.5. The number of alkyl halides is 3. The van der Waals surface area contributed by atoms with E-state index in [1.165, 1.54) is 148 Å². The number of rotatable bonds is 18. The Morgan fingerprint density at radius 3 is 1.51 bits per heavy atom. The molecule has 7 aromatic heterocycles. The maximum Gasteiger partial charge on any atom is 0.418 e. The molecule has 2 unspecified atom stereocenters. The zero-order valence-electron chi connectivity index (χ0n) is 78.7. The van der Waals surface area contributed by atoms with Crippen LogP contribution in [-0.2, 0) is 124 Å². The Hall–Kier alpha value is -8.56. The molecule has 0 amide bonds. The van der Waals surface area contributed by atoms with Crippen LogP contribution in [0.15, 0.2) is 159 Å². The summed E-state index contributed by atoms with van der Waals surface area (Å²) in [5.41, 5.74) is 5.71. The molecule has 17 rings (SSSR count). The summed E-state index contributed by atoms with van der Waals surface area (Å²) in [6.45, 7) is 31.1. The molecule has 1 aliphatic heterocycles. The van der Waals surface area contributed by atoms with Crippen molar-refractivity contribution in [1.82, 2.24) is 49.0 Å². The third kappa shape index (κ3) is 30.2. The van der Waals surface area contributed by atoms with Gasteiger partial charge in [-0.2, -0.15) is 29.4 Å². The number of aryl methyl sites for hydroxylation is 2. The van der Waals surface area contributed by atoms with Crippen LogP contribution >= 0.6 is 0 Å². The van der Waals surface area contributed by atoms with Crippen LogP contribution in [0.1, 0.15) is 267 Å². The van der Waals surface area contributed by atoms with Crippen LogP contribution in [0.2, 0.25) is 0 Å². The second kappa shape index (κ2) is 49.3. The van der Waals surface area contributed by atoms with Crippen molar-refractivity contribution in [2.75, 3.05) is 0 Å². The number of aliphatic hydroxyl groups is 1. The fourth-order valence-corrected chi connectivity index (χ4v) is 18.4. The van der Waals surface area contributed by atoms with Gasteiger partial charge in [0.2, 0.25) is 0 Å². The van der Waals surface area contributed by atoms with E-state index in [0.717, 1.165) is 103 Å². The number of ether oxygens (including phenoxy) is 1. The SMILES string of the molecule is CC(O)(Cn1cccn1)C(F)(F)F.CC(c1ccnc(C2=[C-]C(C)(C)C(C)(C)O2)c1)C1(C)CCCC1.CC1(Cc2c(F)c[c-]c(-c3ccccn3)c2F)CCCC1.CC1(Cc2c(F)c[c-]c(-n3cccn3)c2F)CCCC1.CC1(Cc2ccnc(-c3[c-]cc(F)cc3)c2)CCCC1.Cc1nc(C(=O)O)cn1C.[C-]#[N+]c1c(F)c[c-]c(-c2cc(CC3(C)CCCCC3)ccn2)c1F.[Ir].[Ir].[Ir].[Rh]. The molecule has 2 N–H and O–H groups in total. The van der Waals surface area contributed by atoms with Crippen molar-refractivity contribution in [2.45, 2.75) is 273 Å². The summed E-state index contributed by atoms with van der Waals surface area (Å²) in [6.07, 6.45) is 41.8. The van der Waals surface area contributed by atoms with Crippen LogP contribution in [-0.4, -0.2) is 82.6 Å². The van der Waals surface area contributed by atoms with Crippen molar-refractivity contribution in [2.24, 2.45) is 39.5 Å². The Morgan fingerprint density at radius 1 is 0.548 bits per heavy atom. The van der Waals surface area contributed by atoms with Gasteiger partial charge in [-0.3, -0.25) is 44.9 Å². The number of hydrogen-bond acceptors (Lipinski definition) is 10. The first-order chi connectivity index (χ1) is 61.9. The fourth-order valence-electron chi connectivity index (χ4n) is 18.4. The van der Waals surface area contributed by atoms with E-state index in [1.807, 2.05) is 24.5 Å². The zero-order chi connectivity index (χ0) is 94.9. The summed E-state index contributed by atoms with van der Waals surface area (Å²) in [5, 5.41) is 25.0. The molecule has 29 heteroatoms. The van der Waals surface area contributed by atoms with Crippen molar-refractivity contribution >= 4 is 17.4 Å². The Morgan fingerprint density at radius 2 is 1.04 bits per heavy atom. The summed E-state index contributed by atoms with van der Waals surface area (Å²) in [6, 6.07) is 39.7. The van der Waals surface area contributed by atoms with Crippen LogP contribution in [0, 0.1) is 117 Å². The second-order valence-electron chi connectivity index (χ2n) is 39.0. The maximum absolute atomic E-state index is 14.7. The van der Waals surface area contributed by atoms with Crippen LogP contribution in [0.25, 0.3) is 50.1 Å². The third-order valence-electron chi connectivity index (χ3n) is 27.5. The summed E-state index contributed by atoms with van der Waals surface area (Å²) in [5.74, 6) is -3.02. The normalized spacial score (nSPS) is 17.5. The Labute approximate surface area is 842 Å². The first-order valence-corrected chi connectivity index (χ1v) is 45.3. The van der Waals surface area contributed by atoms with E-state index in [4.69, 9.17) is 21.5 Å². The number of halogens is 10. The monoisotopic (exact) mass is 2480 g/mol. The van der Waals surface area contributed by atoms with Crippen LogP contribution in [0.3, 0.4) is 0 Å². The maximum atomic E-state index is 14.7. The van der Waals surface area contributed by atoms with Gasteiger partial charge in [-0.05, 0) is 227 Å². The molecule has 0 saturated heterocycles. The van der Waals surface area contributed by atoms with Crippen molar-refractivity contribution in [3.8, 4) is 39.5 Å². The van der Waals surface area contributed by atoms with Gasteiger partial charge in [0.15, 0.2) is 17.0 Å². The number of hydrogen-bond donors (Lipinski definition) is 2. The Balaban J connectivity index is 0.000000217. The number of carboxylic acid groups (broad SMARTS) is 1. The molecule has 135 heavy (non-hydrogen) atoms. The molecule has 11 aromatic rings. The van der Waals surface area contributed by atoms with Crippen molar-refractivity contribution in [1.29, 1.82) is 0 Å². The van der Waals surface area contributed by atoms with E-state index in [0.29, 0.717) is 53.7 Å². The minimum absolute atomic E-state index is 0. The number of pyridine rings is 4. The molecule has 2 atom stereocenters. The first kappa shape index (κ1) is 113. The molecule has 0 bridgehead atoms. The van der Waals surface area contributed by atoms with Gasteiger partial charge in [0.1, 0.15) is 5.82 Å². The fraction of sp³-hybridized carbons (Fsp3) is 0.462. The van der Waals surface area contributed by atoms with Crippen LogP contribution < -0.4 is 0 Å². The predicted octanol–water partition coefficient (Wildman–Crippen LogP) is 27.1. The van der Waals surface area contributed by atoms with Gasteiger partial charge in [0.25, 0.3) is 0 Å². The first-order valence-electron chi connectivity index (χ1n) is 45.3. The summed E-state index contributed by atoms with van der Waals surface area (Å²) >= 11 is 0. The molecule has 6 aliphatic rings. The van der Waals surface area contributed by atoms with Gasteiger partial charge in [-0.1, -0.05) is 184 Å². The predicted molar refractivity (Wildman–Crippen MR) is 488 cm³/mol. The third-order valence-corrected chi connectivity index (χ3v) is 27.5. The minimum Gasteiger partial charge on any atom is -0.525 e. The van der Waals surface area contributed by atoms with Crippen LogP contribution in [0.5, 0.6) is 0 Å². The molecule has 5 saturated carbocycles. The molecule has 5 aliphatic carbocycles. The largest absolute Gasteiger partial charge is 0.525 e. The number of aromatic nitrogens is 10. The quantitative estimate of drug-likeness (QED) is 0.0475. The number of benzene rings is 4.